The topological polar surface area (TPSA) is 48.4 Å². The number of carbonyl (C=O) groups is 1. The first-order valence-electron chi connectivity index (χ1n) is 8.15. The smallest absolute Gasteiger partial charge is 0.392 e. The van der Waals surface area contributed by atoms with Crippen LogP contribution in [0.4, 0.5) is 13.2 Å². The van der Waals surface area contributed by atoms with Gasteiger partial charge in [0.1, 0.15) is 5.75 Å². The first kappa shape index (κ1) is 18.2. The normalized spacial score (nSPS) is 17.7. The number of methoxy groups -OCH3 is 2. The molecule has 0 N–H and O–H groups in total. The summed E-state index contributed by atoms with van der Waals surface area (Å²) in [6.07, 6.45) is -0.817. The zero-order valence-corrected chi connectivity index (χ0v) is 14.4. The molecule has 0 saturated carbocycles. The van der Waals surface area contributed by atoms with Crippen LogP contribution in [-0.2, 0) is 4.74 Å². The lowest BCUT2D eigenvalue weighted by Crippen LogP contribution is -2.24. The third-order valence-electron chi connectivity index (χ3n) is 4.63. The Balaban J connectivity index is 2.05. The van der Waals surface area contributed by atoms with Gasteiger partial charge in [-0.1, -0.05) is 6.08 Å². The van der Waals surface area contributed by atoms with E-state index < -0.39 is 18.1 Å². The van der Waals surface area contributed by atoms with E-state index in [9.17, 15) is 18.0 Å². The van der Waals surface area contributed by atoms with Crippen LogP contribution in [0.1, 0.15) is 35.2 Å². The van der Waals surface area contributed by atoms with E-state index in [1.165, 1.54) is 20.4 Å². The van der Waals surface area contributed by atoms with Crippen LogP contribution in [0.5, 0.6) is 5.75 Å². The van der Waals surface area contributed by atoms with Gasteiger partial charge < -0.3 is 9.47 Å². The van der Waals surface area contributed by atoms with Crippen LogP contribution in [0.3, 0.4) is 0 Å². The molecule has 1 aliphatic rings. The maximum atomic E-state index is 12.9. The Kier molecular flexibility index (Phi) is 4.89. The van der Waals surface area contributed by atoms with Crippen LogP contribution in [0.15, 0.2) is 30.5 Å². The van der Waals surface area contributed by atoms with Gasteiger partial charge in [0.15, 0.2) is 0 Å². The standard InChI is InChI=1S/C19H18F3NO3/c1-25-15-8-12-7-13(18(24)26-2)10-23-17(12)16(9-15)11-3-5-14(6-4-11)19(20,21)22/h3,7-10,14H,4-6H2,1-2H3/t14-/m1/s1. The molecule has 0 fully saturated rings. The van der Waals surface area contributed by atoms with Gasteiger partial charge in [-0.2, -0.15) is 13.2 Å². The molecule has 2 aromatic rings. The van der Waals surface area contributed by atoms with Gasteiger partial charge in [0.2, 0.25) is 0 Å². The van der Waals surface area contributed by atoms with Gasteiger partial charge in [-0.15, -0.1) is 0 Å². The van der Waals surface area contributed by atoms with Crippen LogP contribution < -0.4 is 4.74 Å². The summed E-state index contributed by atoms with van der Waals surface area (Å²) in [6.45, 7) is 0. The van der Waals surface area contributed by atoms with Gasteiger partial charge in [-0.3, -0.25) is 4.98 Å². The van der Waals surface area contributed by atoms with Gasteiger partial charge in [-0.25, -0.2) is 4.79 Å². The van der Waals surface area contributed by atoms with Crippen LogP contribution in [0.25, 0.3) is 16.5 Å². The fraction of sp³-hybridized carbons (Fsp3) is 0.368. The maximum Gasteiger partial charge on any atom is 0.392 e. The van der Waals surface area contributed by atoms with E-state index in [1.807, 2.05) is 0 Å². The van der Waals surface area contributed by atoms with E-state index in [1.54, 1.807) is 24.3 Å². The van der Waals surface area contributed by atoms with E-state index in [0.29, 0.717) is 28.6 Å². The molecule has 1 aromatic heterocycles. The molecule has 0 unspecified atom stereocenters. The molecule has 1 aliphatic carbocycles. The number of halogens is 3. The number of hydrogen-bond donors (Lipinski definition) is 0. The summed E-state index contributed by atoms with van der Waals surface area (Å²) < 4.78 is 48.7. The summed E-state index contributed by atoms with van der Waals surface area (Å²) in [6, 6.07) is 5.15. The number of esters is 1. The maximum absolute atomic E-state index is 12.9. The number of hydrogen-bond acceptors (Lipinski definition) is 4. The predicted molar refractivity (Wildman–Crippen MR) is 91.0 cm³/mol. The summed E-state index contributed by atoms with van der Waals surface area (Å²) in [5, 5.41) is 0.668. The Morgan fingerprint density at radius 3 is 2.58 bits per heavy atom. The number of rotatable bonds is 3. The summed E-state index contributed by atoms with van der Waals surface area (Å²) in [7, 11) is 2.80. The fourth-order valence-electron chi connectivity index (χ4n) is 3.19. The summed E-state index contributed by atoms with van der Waals surface area (Å²) in [5.74, 6) is -1.26. The van der Waals surface area contributed by atoms with Crippen molar-refractivity contribution in [1.82, 2.24) is 4.98 Å². The van der Waals surface area contributed by atoms with Gasteiger partial charge in [0.25, 0.3) is 0 Å². The van der Waals surface area contributed by atoms with Crippen LogP contribution in [0.2, 0.25) is 0 Å². The molecule has 7 heteroatoms. The molecule has 4 nitrogen and oxygen atoms in total. The number of allylic oxidation sites excluding steroid dienone is 2. The molecule has 1 aromatic carbocycles. The second-order valence-corrected chi connectivity index (χ2v) is 6.20. The first-order chi connectivity index (χ1) is 12.3. The van der Waals surface area contributed by atoms with Gasteiger partial charge >= 0.3 is 12.1 Å². The highest BCUT2D eigenvalue weighted by molar-refractivity contribution is 5.97. The van der Waals surface area contributed by atoms with Crippen LogP contribution in [-0.4, -0.2) is 31.3 Å². The van der Waals surface area contributed by atoms with Crippen molar-refractivity contribution >= 4 is 22.4 Å². The minimum absolute atomic E-state index is 0.0439. The Morgan fingerprint density at radius 2 is 2.00 bits per heavy atom. The number of ether oxygens (including phenoxy) is 2. The largest absolute Gasteiger partial charge is 0.497 e. The Hall–Kier alpha value is -2.57. The molecule has 0 bridgehead atoms. The lowest BCUT2D eigenvalue weighted by atomic mass is 9.85. The number of benzene rings is 1. The number of fused-ring (bicyclic) bond motifs is 1. The Bertz CT molecular complexity index is 874. The average Bonchev–Trinajstić information content (AvgIpc) is 2.65. The van der Waals surface area contributed by atoms with E-state index in [4.69, 9.17) is 9.47 Å². The monoisotopic (exact) mass is 365 g/mol. The summed E-state index contributed by atoms with van der Waals surface area (Å²) in [5.41, 5.74) is 2.47. The molecular weight excluding hydrogens is 347 g/mol. The zero-order valence-electron chi connectivity index (χ0n) is 14.4. The van der Waals surface area contributed by atoms with Crippen molar-refractivity contribution < 1.29 is 27.4 Å². The summed E-state index contributed by atoms with van der Waals surface area (Å²) >= 11 is 0. The quantitative estimate of drug-likeness (QED) is 0.735. The molecule has 1 heterocycles. The third kappa shape index (κ3) is 3.52. The molecule has 138 valence electrons. The van der Waals surface area contributed by atoms with Crippen LogP contribution in [0, 0.1) is 5.92 Å². The average molecular weight is 365 g/mol. The molecular formula is C19H18F3NO3. The van der Waals surface area contributed by atoms with Crippen molar-refractivity contribution in [2.45, 2.75) is 25.4 Å². The first-order valence-corrected chi connectivity index (χ1v) is 8.15. The molecule has 3 rings (SSSR count). The minimum atomic E-state index is -4.17. The number of pyridine rings is 1. The Morgan fingerprint density at radius 1 is 1.23 bits per heavy atom. The van der Waals surface area contributed by atoms with Gasteiger partial charge in [0.05, 0.1) is 31.2 Å². The second-order valence-electron chi connectivity index (χ2n) is 6.20. The van der Waals surface area contributed by atoms with Gasteiger partial charge in [-0.05, 0) is 43.0 Å². The van der Waals surface area contributed by atoms with Crippen molar-refractivity contribution in [2.75, 3.05) is 14.2 Å². The highest BCUT2D eigenvalue weighted by Gasteiger charge is 2.39. The highest BCUT2D eigenvalue weighted by Crippen LogP contribution is 2.41. The van der Waals surface area contributed by atoms with E-state index in [-0.39, 0.29) is 12.8 Å². The van der Waals surface area contributed by atoms with Crippen molar-refractivity contribution in [2.24, 2.45) is 5.92 Å². The number of carbonyl (C=O) groups excluding carboxylic acids is 1. The van der Waals surface area contributed by atoms with Crippen molar-refractivity contribution in [3.05, 3.63) is 41.6 Å². The summed E-state index contributed by atoms with van der Waals surface area (Å²) in [4.78, 5) is 16.1. The SMILES string of the molecule is COC(=O)c1cnc2c(C3=CC[C@@H](C(F)(F)F)CC3)cc(OC)cc2c1. The molecule has 0 amide bonds. The molecule has 26 heavy (non-hydrogen) atoms. The Labute approximate surface area is 148 Å². The number of nitrogens with zero attached hydrogens (tertiary/aromatic N) is 1. The van der Waals surface area contributed by atoms with Crippen molar-refractivity contribution in [3.8, 4) is 5.75 Å². The molecule has 1 atom stereocenters. The van der Waals surface area contributed by atoms with E-state index in [0.717, 1.165) is 11.1 Å². The fourth-order valence-corrected chi connectivity index (χ4v) is 3.19. The highest BCUT2D eigenvalue weighted by atomic mass is 19.4. The second kappa shape index (κ2) is 6.97. The van der Waals surface area contributed by atoms with Crippen LogP contribution >= 0.6 is 0 Å². The minimum Gasteiger partial charge on any atom is -0.497 e. The zero-order chi connectivity index (χ0) is 18.9. The molecule has 0 spiro atoms. The van der Waals surface area contributed by atoms with Crippen molar-refractivity contribution in [3.63, 3.8) is 0 Å². The van der Waals surface area contributed by atoms with Gasteiger partial charge in [0, 0.05) is 17.1 Å². The van der Waals surface area contributed by atoms with Crippen molar-refractivity contribution in [1.29, 1.82) is 0 Å². The molecule has 0 aliphatic heterocycles. The lowest BCUT2D eigenvalue weighted by Gasteiger charge is -2.24. The lowest BCUT2D eigenvalue weighted by molar-refractivity contribution is -0.175. The van der Waals surface area contributed by atoms with E-state index in [2.05, 4.69) is 4.98 Å². The predicted octanol–water partition coefficient (Wildman–Crippen LogP) is 4.78. The molecule has 0 radical (unpaired) electrons. The van der Waals surface area contributed by atoms with E-state index >= 15 is 0 Å². The molecule has 0 saturated heterocycles. The number of alkyl halides is 3. The third-order valence-corrected chi connectivity index (χ3v) is 4.63. The number of aromatic nitrogens is 1.